The standard InChI is InChI=1S/C14H16N4.2ClH/c1-18-10-16-14(17-18)13-4-2-11(3-5-13)12-6-8-15-9-7-12;;/h2-6,10,15H,7-9H2,1H3;2*1H. The highest BCUT2D eigenvalue weighted by Crippen LogP contribution is 2.22. The first kappa shape index (κ1) is 16.7. The summed E-state index contributed by atoms with van der Waals surface area (Å²) in [4.78, 5) is 4.26. The van der Waals surface area contributed by atoms with E-state index in [0.717, 1.165) is 30.9 Å². The number of hydrogen-bond acceptors (Lipinski definition) is 3. The molecule has 0 aliphatic carbocycles. The number of nitrogens with zero attached hydrogens (tertiary/aromatic N) is 3. The van der Waals surface area contributed by atoms with Crippen molar-refractivity contribution in [3.8, 4) is 11.4 Å². The van der Waals surface area contributed by atoms with Crippen molar-refractivity contribution in [1.29, 1.82) is 0 Å². The number of aryl methyl sites for hydroxylation is 1. The molecule has 3 rings (SSSR count). The van der Waals surface area contributed by atoms with Crippen molar-refractivity contribution < 1.29 is 0 Å². The van der Waals surface area contributed by atoms with E-state index < -0.39 is 0 Å². The maximum absolute atomic E-state index is 4.30. The summed E-state index contributed by atoms with van der Waals surface area (Å²) in [7, 11) is 1.88. The maximum Gasteiger partial charge on any atom is 0.181 e. The lowest BCUT2D eigenvalue weighted by atomic mass is 9.99. The number of aromatic nitrogens is 3. The lowest BCUT2D eigenvalue weighted by Crippen LogP contribution is -2.19. The molecular weight excluding hydrogens is 295 g/mol. The van der Waals surface area contributed by atoms with Crippen LogP contribution in [0.5, 0.6) is 0 Å². The van der Waals surface area contributed by atoms with Gasteiger partial charge in [0, 0.05) is 19.2 Å². The van der Waals surface area contributed by atoms with Gasteiger partial charge in [-0.05, 0) is 24.1 Å². The van der Waals surface area contributed by atoms with Gasteiger partial charge in [-0.2, -0.15) is 5.10 Å². The van der Waals surface area contributed by atoms with E-state index in [1.165, 1.54) is 11.1 Å². The van der Waals surface area contributed by atoms with Crippen LogP contribution in [-0.4, -0.2) is 27.9 Å². The molecule has 0 saturated heterocycles. The van der Waals surface area contributed by atoms with Crippen LogP contribution in [0.2, 0.25) is 0 Å². The predicted molar refractivity (Wildman–Crippen MR) is 86.4 cm³/mol. The minimum Gasteiger partial charge on any atom is -0.313 e. The molecule has 0 radical (unpaired) electrons. The molecule has 2 aromatic rings. The minimum atomic E-state index is 0. The Morgan fingerprint density at radius 2 is 1.80 bits per heavy atom. The molecule has 0 saturated carbocycles. The van der Waals surface area contributed by atoms with Gasteiger partial charge in [-0.25, -0.2) is 4.98 Å². The molecule has 0 unspecified atom stereocenters. The average Bonchev–Trinajstić information content (AvgIpc) is 2.87. The molecule has 20 heavy (non-hydrogen) atoms. The van der Waals surface area contributed by atoms with E-state index in [0.29, 0.717) is 0 Å². The molecular formula is C14H18Cl2N4. The Morgan fingerprint density at radius 1 is 1.10 bits per heavy atom. The monoisotopic (exact) mass is 312 g/mol. The lowest BCUT2D eigenvalue weighted by Gasteiger charge is -2.14. The topological polar surface area (TPSA) is 42.7 Å². The zero-order valence-electron chi connectivity index (χ0n) is 11.2. The van der Waals surface area contributed by atoms with Gasteiger partial charge in [-0.3, -0.25) is 4.68 Å². The van der Waals surface area contributed by atoms with Crippen molar-refractivity contribution in [2.24, 2.45) is 7.05 Å². The molecule has 1 aliphatic heterocycles. The molecule has 1 aromatic carbocycles. The van der Waals surface area contributed by atoms with Crippen LogP contribution in [0.25, 0.3) is 17.0 Å². The van der Waals surface area contributed by atoms with Crippen LogP contribution in [0.1, 0.15) is 12.0 Å². The van der Waals surface area contributed by atoms with Crippen molar-refractivity contribution >= 4 is 30.4 Å². The molecule has 2 heterocycles. The number of halogens is 2. The SMILES string of the molecule is Cl.Cl.Cn1cnc(-c2ccc(C3=CCNCC3)cc2)n1. The first-order chi connectivity index (χ1) is 8.83. The maximum atomic E-state index is 4.30. The highest BCUT2D eigenvalue weighted by atomic mass is 35.5. The van der Waals surface area contributed by atoms with E-state index in [2.05, 4.69) is 45.7 Å². The van der Waals surface area contributed by atoms with Crippen LogP contribution in [0.4, 0.5) is 0 Å². The van der Waals surface area contributed by atoms with E-state index in [9.17, 15) is 0 Å². The van der Waals surface area contributed by atoms with Gasteiger partial charge in [0.05, 0.1) is 0 Å². The number of benzene rings is 1. The molecule has 0 fully saturated rings. The first-order valence-electron chi connectivity index (χ1n) is 6.19. The lowest BCUT2D eigenvalue weighted by molar-refractivity contribution is 0.738. The van der Waals surface area contributed by atoms with Crippen LogP contribution in [-0.2, 0) is 7.05 Å². The summed E-state index contributed by atoms with van der Waals surface area (Å²) in [5, 5.41) is 7.63. The van der Waals surface area contributed by atoms with Gasteiger partial charge in [0.1, 0.15) is 6.33 Å². The Bertz CT molecular complexity index is 575. The van der Waals surface area contributed by atoms with Crippen LogP contribution < -0.4 is 5.32 Å². The van der Waals surface area contributed by atoms with Crippen LogP contribution in [0.3, 0.4) is 0 Å². The fraction of sp³-hybridized carbons (Fsp3) is 0.286. The van der Waals surface area contributed by atoms with Gasteiger partial charge in [0.2, 0.25) is 0 Å². The van der Waals surface area contributed by atoms with Crippen LogP contribution in [0.15, 0.2) is 36.7 Å². The minimum absolute atomic E-state index is 0. The number of nitrogens with one attached hydrogen (secondary N) is 1. The molecule has 0 bridgehead atoms. The average molecular weight is 313 g/mol. The van der Waals surface area contributed by atoms with Gasteiger partial charge >= 0.3 is 0 Å². The first-order valence-corrected chi connectivity index (χ1v) is 6.19. The molecule has 0 spiro atoms. The van der Waals surface area contributed by atoms with Crippen molar-refractivity contribution in [3.63, 3.8) is 0 Å². The summed E-state index contributed by atoms with van der Waals surface area (Å²) in [5.41, 5.74) is 3.79. The van der Waals surface area contributed by atoms with Crippen molar-refractivity contribution in [2.75, 3.05) is 13.1 Å². The van der Waals surface area contributed by atoms with Gasteiger partial charge in [0.15, 0.2) is 5.82 Å². The summed E-state index contributed by atoms with van der Waals surface area (Å²) in [6, 6.07) is 8.49. The Balaban J connectivity index is 0.000001000. The van der Waals surface area contributed by atoms with Crippen LogP contribution in [0, 0.1) is 0 Å². The molecule has 1 aliphatic rings. The molecule has 0 amide bonds. The Hall–Kier alpha value is -1.36. The highest BCUT2D eigenvalue weighted by molar-refractivity contribution is 5.85. The molecule has 1 aromatic heterocycles. The molecule has 1 N–H and O–H groups in total. The summed E-state index contributed by atoms with van der Waals surface area (Å²) in [6.07, 6.45) is 5.08. The fourth-order valence-corrected chi connectivity index (χ4v) is 2.19. The number of rotatable bonds is 2. The third kappa shape index (κ3) is 3.60. The second kappa shape index (κ2) is 7.43. The summed E-state index contributed by atoms with van der Waals surface area (Å²) in [5.74, 6) is 0.781. The third-order valence-corrected chi connectivity index (χ3v) is 3.18. The summed E-state index contributed by atoms with van der Waals surface area (Å²) < 4.78 is 1.72. The predicted octanol–water partition coefficient (Wildman–Crippen LogP) is 2.70. The van der Waals surface area contributed by atoms with E-state index in [1.54, 1.807) is 11.0 Å². The van der Waals surface area contributed by atoms with Gasteiger partial charge in [0.25, 0.3) is 0 Å². The zero-order valence-corrected chi connectivity index (χ0v) is 12.9. The van der Waals surface area contributed by atoms with Crippen LogP contribution >= 0.6 is 24.8 Å². The normalized spacial score (nSPS) is 13.9. The molecule has 6 heteroatoms. The zero-order chi connectivity index (χ0) is 12.4. The van der Waals surface area contributed by atoms with Gasteiger partial charge < -0.3 is 5.32 Å². The van der Waals surface area contributed by atoms with Gasteiger partial charge in [-0.1, -0.05) is 30.3 Å². The van der Waals surface area contributed by atoms with Crippen molar-refractivity contribution in [3.05, 3.63) is 42.2 Å². The van der Waals surface area contributed by atoms with E-state index in [-0.39, 0.29) is 24.8 Å². The highest BCUT2D eigenvalue weighted by Gasteiger charge is 2.07. The second-order valence-electron chi connectivity index (χ2n) is 4.50. The molecule has 108 valence electrons. The Morgan fingerprint density at radius 3 is 2.35 bits per heavy atom. The summed E-state index contributed by atoms with van der Waals surface area (Å²) in [6.45, 7) is 2.04. The third-order valence-electron chi connectivity index (χ3n) is 3.18. The Labute approximate surface area is 131 Å². The quantitative estimate of drug-likeness (QED) is 0.927. The van der Waals surface area contributed by atoms with Crippen molar-refractivity contribution in [2.45, 2.75) is 6.42 Å². The fourth-order valence-electron chi connectivity index (χ4n) is 2.19. The molecule has 0 atom stereocenters. The summed E-state index contributed by atoms with van der Waals surface area (Å²) >= 11 is 0. The second-order valence-corrected chi connectivity index (χ2v) is 4.50. The number of hydrogen-bond donors (Lipinski definition) is 1. The van der Waals surface area contributed by atoms with E-state index in [1.807, 2.05) is 7.05 Å². The van der Waals surface area contributed by atoms with E-state index in [4.69, 9.17) is 0 Å². The smallest absolute Gasteiger partial charge is 0.181 e. The largest absolute Gasteiger partial charge is 0.313 e. The Kier molecular flexibility index (Phi) is 6.20. The van der Waals surface area contributed by atoms with Crippen molar-refractivity contribution in [1.82, 2.24) is 20.1 Å². The van der Waals surface area contributed by atoms with E-state index >= 15 is 0 Å². The molecule has 4 nitrogen and oxygen atoms in total. The van der Waals surface area contributed by atoms with Gasteiger partial charge in [-0.15, -0.1) is 24.8 Å².